The van der Waals surface area contributed by atoms with Gasteiger partial charge in [0.1, 0.15) is 0 Å². The van der Waals surface area contributed by atoms with Crippen LogP contribution in [0.15, 0.2) is 122 Å². The van der Waals surface area contributed by atoms with Gasteiger partial charge in [-0.05, 0) is 32.9 Å². The third kappa shape index (κ3) is 11.8. The first-order chi connectivity index (χ1) is 20.6. The zero-order valence-electron chi connectivity index (χ0n) is 27.2. The molecule has 2 heterocycles. The van der Waals surface area contributed by atoms with E-state index in [2.05, 4.69) is 26.3 Å². The first-order valence-electron chi connectivity index (χ1n) is 13.8. The van der Waals surface area contributed by atoms with Gasteiger partial charge in [-0.3, -0.25) is 0 Å². The zero-order chi connectivity index (χ0) is 31.5. The second-order valence-electron chi connectivity index (χ2n) is 9.01. The molecule has 0 saturated heterocycles. The van der Waals surface area contributed by atoms with Crippen LogP contribution in [-0.4, -0.2) is 52.6 Å². The van der Waals surface area contributed by atoms with Crippen LogP contribution in [0.25, 0.3) is 0 Å². The van der Waals surface area contributed by atoms with Gasteiger partial charge in [-0.15, -0.1) is 0 Å². The number of para-hydroxylation sites is 6. The summed E-state index contributed by atoms with van der Waals surface area (Å²) in [6.07, 6.45) is 3.21. The van der Waals surface area contributed by atoms with E-state index < -0.39 is 17.1 Å². The summed E-state index contributed by atoms with van der Waals surface area (Å²) in [4.78, 5) is 0. The Morgan fingerprint density at radius 2 is 0.938 bits per heavy atom. The molecule has 2 aliphatic rings. The van der Waals surface area contributed by atoms with Gasteiger partial charge in [0, 0.05) is 25.0 Å². The minimum atomic E-state index is -4.34. The summed E-state index contributed by atoms with van der Waals surface area (Å²) in [5, 5.41) is 18.5. The van der Waals surface area contributed by atoms with E-state index in [1.807, 2.05) is 69.3 Å². The predicted molar refractivity (Wildman–Crippen MR) is 186 cm³/mol. The molecule has 0 radical (unpaired) electrons. The van der Waals surface area contributed by atoms with E-state index in [4.69, 9.17) is 41.2 Å². The number of benzene rings is 3. The van der Waals surface area contributed by atoms with E-state index in [1.54, 1.807) is 24.3 Å². The monoisotopic (exact) mass is 750 g/mol. The molecule has 3 N–H and O–H groups in total. The zero-order valence-corrected chi connectivity index (χ0v) is 35.5. The van der Waals surface area contributed by atoms with Gasteiger partial charge in [-0.2, -0.15) is 0 Å². The number of allylic oxidation sites excluding steroid dienone is 4. The quantitative estimate of drug-likeness (QED) is 0.180. The molecule has 10 nitrogen and oxygen atoms in total. The largest absolute Gasteiger partial charge is 1.00 e. The van der Waals surface area contributed by atoms with Gasteiger partial charge in [0.25, 0.3) is 0 Å². The molecule has 1 spiro atoms. The maximum absolute atomic E-state index is 8.67. The first kappa shape index (κ1) is 51.3. The fraction of sp³-hybridized carbons (Fsp3) is 0.235. The molecular formula is C34H48K2O10Si2. The number of phenolic OH excluding ortho intramolecular Hbond substituents is 2. The maximum atomic E-state index is 8.67. The minimum Gasteiger partial charge on any atom is -0.870 e. The van der Waals surface area contributed by atoms with Gasteiger partial charge >= 0.3 is 234 Å². The Balaban J connectivity index is -0.000000662. The van der Waals surface area contributed by atoms with Gasteiger partial charge in [-0.1, -0.05) is 46.2 Å². The predicted octanol–water partition coefficient (Wildman–Crippen LogP) is 2.12. The van der Waals surface area contributed by atoms with Gasteiger partial charge < -0.3 is 29.0 Å². The molecule has 0 saturated carbocycles. The van der Waals surface area contributed by atoms with Crippen molar-refractivity contribution in [3.63, 3.8) is 0 Å². The van der Waals surface area contributed by atoms with Gasteiger partial charge in [0.05, 0.1) is 0 Å². The molecule has 48 heavy (non-hydrogen) atoms. The molecule has 3 aromatic rings. The molecule has 3 aromatic carbocycles. The van der Waals surface area contributed by atoms with Crippen molar-refractivity contribution < 1.29 is 149 Å². The van der Waals surface area contributed by atoms with Crippen molar-refractivity contribution in [3.05, 3.63) is 122 Å². The standard InChI is InChI=1S/C16H13O4Si.C10H20O3Si.C6H6O2.2CH4.2K.H2O/c1-3-12(2)21(17-13-8-4-5-9-14(13)18-21)19-15-10-6-7-11-16(15)20-21;1-6-10(5)14(11-7-2,12-8-3)13-9-4;7-5-3-1-2-4-6(5)8;;;;;/h3-11H,1-2H2;6H,1,5,7-9H2,2-4H3;1-4,7-8H;2*1H4;;;1H2/q-1;;;;;2*+1;/p-1. The molecule has 0 bridgehead atoms. The van der Waals surface area contributed by atoms with E-state index in [0.29, 0.717) is 48.0 Å². The first-order valence-corrected chi connectivity index (χ1v) is 17.6. The van der Waals surface area contributed by atoms with Crippen molar-refractivity contribution in [1.29, 1.82) is 0 Å². The molecule has 14 heteroatoms. The summed E-state index contributed by atoms with van der Waals surface area (Å²) in [5.74, 6) is 2.19. The molecule has 2 aliphatic heterocycles. The third-order valence-corrected chi connectivity index (χ3v) is 12.7. The molecule has 0 fully saturated rings. The molecule has 0 unspecified atom stereocenters. The van der Waals surface area contributed by atoms with Crippen molar-refractivity contribution in [2.75, 3.05) is 19.8 Å². The van der Waals surface area contributed by atoms with Crippen LogP contribution in [-0.2, 0) is 13.3 Å². The molecule has 5 rings (SSSR count). The van der Waals surface area contributed by atoms with E-state index >= 15 is 0 Å². The average Bonchev–Trinajstić information content (AvgIpc) is 3.53. The smallest absolute Gasteiger partial charge is 0.870 e. The Labute approximate surface area is 372 Å². The fourth-order valence-electron chi connectivity index (χ4n) is 4.11. The molecule has 0 aromatic heterocycles. The second kappa shape index (κ2) is 23.4. The Morgan fingerprint density at radius 3 is 1.17 bits per heavy atom. The van der Waals surface area contributed by atoms with Crippen molar-refractivity contribution in [2.24, 2.45) is 0 Å². The minimum absolute atomic E-state index is 0. The Hall–Kier alpha value is -1.03. The number of phenols is 2. The van der Waals surface area contributed by atoms with Gasteiger partial charge in [-0.25, -0.2) is 0 Å². The third-order valence-electron chi connectivity index (χ3n) is 6.14. The Morgan fingerprint density at radius 1 is 0.646 bits per heavy atom. The number of fused-ring (bicyclic) bond motifs is 2. The van der Waals surface area contributed by atoms with Crippen LogP contribution in [0.5, 0.6) is 34.5 Å². The maximum Gasteiger partial charge on any atom is 1.00 e. The topological polar surface area (TPSA) is 135 Å². The number of hydrogen-bond donors (Lipinski definition) is 2. The van der Waals surface area contributed by atoms with Crippen molar-refractivity contribution >= 4 is 17.1 Å². The Kier molecular flexibility index (Phi) is 25.1. The molecular weight excluding hydrogens is 703 g/mol. The summed E-state index contributed by atoms with van der Waals surface area (Å²) in [7, 11) is -7.05. The van der Waals surface area contributed by atoms with Crippen LogP contribution in [0, 0.1) is 0 Å². The summed E-state index contributed by atoms with van der Waals surface area (Å²) < 4.78 is 41.1. The van der Waals surface area contributed by atoms with Gasteiger partial charge in [0.2, 0.25) is 0 Å². The average molecular weight is 751 g/mol. The summed E-state index contributed by atoms with van der Waals surface area (Å²) >= 11 is 0. The van der Waals surface area contributed by atoms with Crippen LogP contribution >= 0.6 is 0 Å². The van der Waals surface area contributed by atoms with Crippen molar-refractivity contribution in [3.8, 4) is 34.5 Å². The SMILES string of the molecule is C.C.C=CC(=C)[Si-]12(Oc3ccccc3O1)Oc1ccccc1O2.C=CC(=C)[Si](OCC)(OCC)OCC.Oc1ccccc1O.[K+].[K+].[OH-]. The summed E-state index contributed by atoms with van der Waals surface area (Å²) in [6, 6.07) is 20.9. The number of aromatic hydroxyl groups is 2. The van der Waals surface area contributed by atoms with E-state index in [9.17, 15) is 0 Å². The van der Waals surface area contributed by atoms with E-state index in [0.717, 1.165) is 5.20 Å². The van der Waals surface area contributed by atoms with Crippen LogP contribution < -0.4 is 120 Å². The van der Waals surface area contributed by atoms with E-state index in [1.165, 1.54) is 12.1 Å². The Bertz CT molecular complexity index is 1320. The number of rotatable bonds is 10. The molecule has 0 aliphatic carbocycles. The fourth-order valence-corrected chi connectivity index (χ4v) is 9.61. The van der Waals surface area contributed by atoms with Crippen LogP contribution in [0.2, 0.25) is 0 Å². The van der Waals surface area contributed by atoms with Gasteiger partial charge in [0.15, 0.2) is 11.5 Å². The van der Waals surface area contributed by atoms with Crippen LogP contribution in [0.1, 0.15) is 35.6 Å². The summed E-state index contributed by atoms with van der Waals surface area (Å²) in [5.41, 5.74) is 0. The van der Waals surface area contributed by atoms with Crippen molar-refractivity contribution in [2.45, 2.75) is 35.6 Å². The van der Waals surface area contributed by atoms with Crippen molar-refractivity contribution in [1.82, 2.24) is 0 Å². The second-order valence-corrected chi connectivity index (χ2v) is 14.9. The molecule has 254 valence electrons. The molecule has 0 amide bonds. The number of hydrogen-bond acceptors (Lipinski definition) is 10. The normalized spacial score (nSPS) is 13.8. The summed E-state index contributed by atoms with van der Waals surface area (Å²) in [6.45, 7) is 22.7. The van der Waals surface area contributed by atoms with Crippen LogP contribution in [0.3, 0.4) is 0 Å². The molecule has 0 atom stereocenters. The van der Waals surface area contributed by atoms with Crippen LogP contribution in [0.4, 0.5) is 0 Å². The van der Waals surface area contributed by atoms with E-state index in [-0.39, 0.29) is 135 Å².